The predicted molar refractivity (Wildman–Crippen MR) is 85.6 cm³/mol. The summed E-state index contributed by atoms with van der Waals surface area (Å²) >= 11 is 1.85. The average molecular weight is 287 g/mol. The van der Waals surface area contributed by atoms with Crippen molar-refractivity contribution in [2.75, 3.05) is 11.9 Å². The summed E-state index contributed by atoms with van der Waals surface area (Å²) in [5, 5.41) is 5.84. The second-order valence-electron chi connectivity index (χ2n) is 5.35. The van der Waals surface area contributed by atoms with Crippen LogP contribution in [0.2, 0.25) is 0 Å². The maximum absolute atomic E-state index is 5.62. The van der Waals surface area contributed by atoms with Gasteiger partial charge in [0.2, 0.25) is 0 Å². The summed E-state index contributed by atoms with van der Waals surface area (Å²) in [6, 6.07) is 13.2. The molecule has 0 amide bonds. The quantitative estimate of drug-likeness (QED) is 0.765. The third-order valence-electron chi connectivity index (χ3n) is 3.59. The molecular weight excluding hydrogens is 266 g/mol. The lowest BCUT2D eigenvalue weighted by Crippen LogP contribution is -2.11. The van der Waals surface area contributed by atoms with Gasteiger partial charge in [-0.25, -0.2) is 0 Å². The lowest BCUT2D eigenvalue weighted by molar-refractivity contribution is 0.317. The van der Waals surface area contributed by atoms with E-state index in [9.17, 15) is 0 Å². The monoisotopic (exact) mass is 287 g/mol. The largest absolute Gasteiger partial charge is 0.494 e. The summed E-state index contributed by atoms with van der Waals surface area (Å²) in [4.78, 5) is 1.44. The maximum Gasteiger partial charge on any atom is 0.119 e. The molecule has 1 aromatic heterocycles. The summed E-state index contributed by atoms with van der Waals surface area (Å²) in [5.74, 6) is 1.75. The van der Waals surface area contributed by atoms with E-state index in [4.69, 9.17) is 4.74 Å². The van der Waals surface area contributed by atoms with Crippen LogP contribution in [0.4, 0.5) is 5.69 Å². The molecule has 1 unspecified atom stereocenters. The van der Waals surface area contributed by atoms with Crippen molar-refractivity contribution in [1.82, 2.24) is 0 Å². The molecule has 1 N–H and O–H groups in total. The maximum atomic E-state index is 5.62. The summed E-state index contributed by atoms with van der Waals surface area (Å²) in [5.41, 5.74) is 1.18. The Labute approximate surface area is 124 Å². The van der Waals surface area contributed by atoms with Crippen LogP contribution in [-0.2, 0) is 0 Å². The molecule has 1 aliphatic rings. The smallest absolute Gasteiger partial charge is 0.119 e. The highest BCUT2D eigenvalue weighted by Gasteiger charge is 2.32. The van der Waals surface area contributed by atoms with Gasteiger partial charge < -0.3 is 10.1 Å². The molecule has 0 aliphatic heterocycles. The zero-order valence-electron chi connectivity index (χ0n) is 11.8. The summed E-state index contributed by atoms with van der Waals surface area (Å²) in [6.07, 6.45) is 3.72. The molecule has 106 valence electrons. The number of benzene rings is 1. The van der Waals surface area contributed by atoms with Gasteiger partial charge in [-0.3, -0.25) is 0 Å². The fourth-order valence-electron chi connectivity index (χ4n) is 2.37. The lowest BCUT2D eigenvalue weighted by Gasteiger charge is -2.18. The first-order chi connectivity index (χ1) is 9.86. The van der Waals surface area contributed by atoms with Gasteiger partial charge >= 0.3 is 0 Å². The van der Waals surface area contributed by atoms with E-state index in [-0.39, 0.29) is 0 Å². The summed E-state index contributed by atoms with van der Waals surface area (Å²) in [6.45, 7) is 2.91. The van der Waals surface area contributed by atoms with Gasteiger partial charge in [-0.2, -0.15) is 0 Å². The van der Waals surface area contributed by atoms with Crippen LogP contribution < -0.4 is 10.1 Å². The molecule has 1 heterocycles. The van der Waals surface area contributed by atoms with Crippen LogP contribution in [0, 0.1) is 5.92 Å². The van der Waals surface area contributed by atoms with Crippen molar-refractivity contribution in [3.63, 3.8) is 0 Å². The Morgan fingerprint density at radius 2 is 2.05 bits per heavy atom. The number of nitrogens with one attached hydrogen (secondary N) is 1. The molecule has 0 spiro atoms. The first kappa shape index (κ1) is 13.5. The molecule has 1 atom stereocenters. The van der Waals surface area contributed by atoms with E-state index in [1.54, 1.807) is 0 Å². The van der Waals surface area contributed by atoms with E-state index in [0.29, 0.717) is 6.04 Å². The van der Waals surface area contributed by atoms with Crippen molar-refractivity contribution >= 4 is 17.0 Å². The van der Waals surface area contributed by atoms with Gasteiger partial charge in [-0.05, 0) is 60.9 Å². The Morgan fingerprint density at radius 3 is 2.65 bits per heavy atom. The number of hydrogen-bond donors (Lipinski definition) is 1. The van der Waals surface area contributed by atoms with Crippen molar-refractivity contribution in [1.29, 1.82) is 0 Å². The molecule has 3 rings (SSSR count). The minimum absolute atomic E-state index is 0.470. The van der Waals surface area contributed by atoms with Gasteiger partial charge in [0.1, 0.15) is 5.75 Å². The lowest BCUT2D eigenvalue weighted by atomic mass is 10.1. The van der Waals surface area contributed by atoms with Crippen molar-refractivity contribution in [2.24, 2.45) is 5.92 Å². The van der Waals surface area contributed by atoms with Gasteiger partial charge in [0.15, 0.2) is 0 Å². The number of ether oxygens (including phenoxy) is 1. The topological polar surface area (TPSA) is 21.3 Å². The van der Waals surface area contributed by atoms with Crippen molar-refractivity contribution in [3.8, 4) is 5.75 Å². The fourth-order valence-corrected chi connectivity index (χ4v) is 3.24. The van der Waals surface area contributed by atoms with Crippen molar-refractivity contribution < 1.29 is 4.74 Å². The molecule has 0 radical (unpaired) electrons. The Kier molecular flexibility index (Phi) is 4.26. The standard InChI is InChI=1S/C17H21NOS/c1-2-11-19-15-9-7-14(8-10-15)18-17(13-5-6-13)16-4-3-12-20-16/h3-4,7-10,12-13,17-18H,2,5-6,11H2,1H3. The molecule has 20 heavy (non-hydrogen) atoms. The molecule has 1 saturated carbocycles. The molecule has 2 nitrogen and oxygen atoms in total. The summed E-state index contributed by atoms with van der Waals surface area (Å²) in [7, 11) is 0. The van der Waals surface area contributed by atoms with Crippen LogP contribution in [0.5, 0.6) is 5.75 Å². The third kappa shape index (κ3) is 3.34. The normalized spacial score (nSPS) is 15.8. The number of thiophene rings is 1. The van der Waals surface area contributed by atoms with Gasteiger partial charge in [-0.1, -0.05) is 13.0 Å². The third-order valence-corrected chi connectivity index (χ3v) is 4.55. The van der Waals surface area contributed by atoms with E-state index in [2.05, 4.69) is 54.0 Å². The summed E-state index contributed by atoms with van der Waals surface area (Å²) < 4.78 is 5.62. The van der Waals surface area contributed by atoms with E-state index in [1.807, 2.05) is 11.3 Å². The van der Waals surface area contributed by atoms with Crippen molar-refractivity contribution in [3.05, 3.63) is 46.7 Å². The van der Waals surface area contributed by atoms with Gasteiger partial charge in [0.25, 0.3) is 0 Å². The van der Waals surface area contributed by atoms with E-state index in [0.717, 1.165) is 24.7 Å². The van der Waals surface area contributed by atoms with Crippen molar-refractivity contribution in [2.45, 2.75) is 32.2 Å². The van der Waals surface area contributed by atoms with E-state index in [1.165, 1.54) is 23.4 Å². The second-order valence-corrected chi connectivity index (χ2v) is 6.33. The molecule has 1 fully saturated rings. The van der Waals surface area contributed by atoms with Crippen LogP contribution in [0.1, 0.15) is 37.1 Å². The Bertz CT molecular complexity index is 516. The molecule has 1 aromatic carbocycles. The van der Waals surface area contributed by atoms with Gasteiger partial charge in [0.05, 0.1) is 12.6 Å². The predicted octanol–water partition coefficient (Wildman–Crippen LogP) is 5.10. The highest BCUT2D eigenvalue weighted by molar-refractivity contribution is 7.10. The van der Waals surface area contributed by atoms with Gasteiger partial charge in [-0.15, -0.1) is 11.3 Å². The Balaban J connectivity index is 1.66. The van der Waals surface area contributed by atoms with E-state index >= 15 is 0 Å². The average Bonchev–Trinajstić information content (AvgIpc) is 3.18. The molecule has 1 aliphatic carbocycles. The minimum atomic E-state index is 0.470. The van der Waals surface area contributed by atoms with Crippen LogP contribution in [0.25, 0.3) is 0 Å². The Hall–Kier alpha value is -1.48. The number of rotatable bonds is 7. The molecule has 3 heteroatoms. The zero-order valence-corrected chi connectivity index (χ0v) is 12.7. The Morgan fingerprint density at radius 1 is 1.25 bits per heavy atom. The highest BCUT2D eigenvalue weighted by Crippen LogP contribution is 2.44. The van der Waals surface area contributed by atoms with Crippen LogP contribution in [0.15, 0.2) is 41.8 Å². The zero-order chi connectivity index (χ0) is 13.8. The van der Waals surface area contributed by atoms with Crippen LogP contribution in [0.3, 0.4) is 0 Å². The fraction of sp³-hybridized carbons (Fsp3) is 0.412. The molecule has 0 bridgehead atoms. The van der Waals surface area contributed by atoms with Crippen LogP contribution >= 0.6 is 11.3 Å². The first-order valence-corrected chi connectivity index (χ1v) is 8.27. The van der Waals surface area contributed by atoms with E-state index < -0.39 is 0 Å². The van der Waals surface area contributed by atoms with Gasteiger partial charge in [0, 0.05) is 10.6 Å². The molecule has 0 saturated heterocycles. The number of anilines is 1. The SMILES string of the molecule is CCCOc1ccc(NC(c2cccs2)C2CC2)cc1. The van der Waals surface area contributed by atoms with Crippen LogP contribution in [-0.4, -0.2) is 6.61 Å². The second kappa shape index (κ2) is 6.31. The number of hydrogen-bond acceptors (Lipinski definition) is 3. The molecular formula is C17H21NOS. The first-order valence-electron chi connectivity index (χ1n) is 7.39. The highest BCUT2D eigenvalue weighted by atomic mass is 32.1. The minimum Gasteiger partial charge on any atom is -0.494 e. The molecule has 2 aromatic rings.